The van der Waals surface area contributed by atoms with Crippen LogP contribution in [-0.4, -0.2) is 35.7 Å². The Balaban J connectivity index is 1.79. The van der Waals surface area contributed by atoms with Crippen LogP contribution in [-0.2, 0) is 4.74 Å². The van der Waals surface area contributed by atoms with E-state index in [0.717, 1.165) is 5.69 Å². The van der Waals surface area contributed by atoms with Gasteiger partial charge in [0.25, 0.3) is 5.91 Å². The summed E-state index contributed by atoms with van der Waals surface area (Å²) in [5.74, 6) is -0.350. The van der Waals surface area contributed by atoms with Crippen molar-refractivity contribution in [2.45, 2.75) is 6.92 Å². The van der Waals surface area contributed by atoms with Crippen molar-refractivity contribution in [2.24, 2.45) is 0 Å². The number of nitrogens with zero attached hydrogens (tertiary/aromatic N) is 3. The van der Waals surface area contributed by atoms with Gasteiger partial charge in [-0.1, -0.05) is 30.3 Å². The van der Waals surface area contributed by atoms with Gasteiger partial charge in [0, 0.05) is 12.2 Å². The Hall–Kier alpha value is -3.74. The smallest absolute Gasteiger partial charge is 0.339 e. The molecular formula is C21H20N4O3. The first-order chi connectivity index (χ1) is 13.6. The minimum atomic E-state index is -0.529. The molecule has 7 nitrogen and oxygen atoms in total. The van der Waals surface area contributed by atoms with Crippen LogP contribution in [0.3, 0.4) is 0 Å². The topological polar surface area (TPSA) is 84.4 Å². The van der Waals surface area contributed by atoms with Gasteiger partial charge in [-0.15, -0.1) is 10.2 Å². The molecule has 1 amide bonds. The number of carbonyl (C=O) groups is 2. The Kier molecular flexibility index (Phi) is 5.96. The van der Waals surface area contributed by atoms with Crippen molar-refractivity contribution >= 4 is 29.1 Å². The van der Waals surface area contributed by atoms with Crippen molar-refractivity contribution in [3.05, 3.63) is 78.0 Å². The van der Waals surface area contributed by atoms with E-state index >= 15 is 0 Å². The third-order valence-corrected chi connectivity index (χ3v) is 4.12. The van der Waals surface area contributed by atoms with E-state index in [4.69, 9.17) is 4.74 Å². The van der Waals surface area contributed by atoms with Gasteiger partial charge in [-0.2, -0.15) is 0 Å². The fraction of sp³-hybridized carbons (Fsp3) is 0.143. The lowest BCUT2D eigenvalue weighted by molar-refractivity contribution is 0.0602. The van der Waals surface area contributed by atoms with Crippen LogP contribution < -0.4 is 10.2 Å². The van der Waals surface area contributed by atoms with Crippen LogP contribution in [0.2, 0.25) is 0 Å². The number of aromatic nitrogens is 2. The van der Waals surface area contributed by atoms with Crippen LogP contribution in [0.1, 0.15) is 27.8 Å². The molecule has 0 spiro atoms. The monoisotopic (exact) mass is 376 g/mol. The van der Waals surface area contributed by atoms with Gasteiger partial charge in [-0.05, 0) is 43.3 Å². The van der Waals surface area contributed by atoms with Crippen LogP contribution in [0.15, 0.2) is 66.7 Å². The number of ether oxygens (including phenoxy) is 1. The fourth-order valence-electron chi connectivity index (χ4n) is 2.74. The zero-order valence-electron chi connectivity index (χ0n) is 15.6. The number of methoxy groups -OCH3 is 1. The molecule has 0 atom stereocenters. The first-order valence-corrected chi connectivity index (χ1v) is 8.79. The average molecular weight is 376 g/mol. The predicted molar refractivity (Wildman–Crippen MR) is 107 cm³/mol. The second-order valence-corrected chi connectivity index (χ2v) is 5.85. The van der Waals surface area contributed by atoms with E-state index in [1.54, 1.807) is 36.4 Å². The van der Waals surface area contributed by atoms with Crippen LogP contribution >= 0.6 is 0 Å². The summed E-state index contributed by atoms with van der Waals surface area (Å²) in [6, 6.07) is 19.8. The van der Waals surface area contributed by atoms with E-state index in [2.05, 4.69) is 15.5 Å². The second-order valence-electron chi connectivity index (χ2n) is 5.85. The predicted octanol–water partition coefficient (Wildman–Crippen LogP) is 3.67. The van der Waals surface area contributed by atoms with Gasteiger partial charge in [0.1, 0.15) is 0 Å². The SMILES string of the molecule is CCN(c1ccccc1)c1ccc(C(=O)Nc2ccccc2C(=O)OC)nn1. The third kappa shape index (κ3) is 4.15. The number of hydrogen-bond donors (Lipinski definition) is 1. The average Bonchev–Trinajstić information content (AvgIpc) is 2.75. The summed E-state index contributed by atoms with van der Waals surface area (Å²) in [7, 11) is 1.29. The Morgan fingerprint density at radius 3 is 2.32 bits per heavy atom. The Labute approximate surface area is 163 Å². The molecule has 142 valence electrons. The summed E-state index contributed by atoms with van der Waals surface area (Å²) >= 11 is 0. The largest absolute Gasteiger partial charge is 0.465 e. The van der Waals surface area contributed by atoms with E-state index in [1.165, 1.54) is 7.11 Å². The first-order valence-electron chi connectivity index (χ1n) is 8.79. The molecule has 1 aromatic heterocycles. The fourth-order valence-corrected chi connectivity index (χ4v) is 2.74. The molecule has 0 aliphatic carbocycles. The lowest BCUT2D eigenvalue weighted by Crippen LogP contribution is -2.20. The van der Waals surface area contributed by atoms with Crippen LogP contribution in [0.5, 0.6) is 0 Å². The summed E-state index contributed by atoms with van der Waals surface area (Å²) in [4.78, 5) is 26.3. The molecule has 3 rings (SSSR count). The maximum atomic E-state index is 12.5. The van der Waals surface area contributed by atoms with Gasteiger partial charge < -0.3 is 15.0 Å². The van der Waals surface area contributed by atoms with Crippen molar-refractivity contribution in [1.82, 2.24) is 10.2 Å². The highest BCUT2D eigenvalue weighted by Gasteiger charge is 2.16. The summed E-state index contributed by atoms with van der Waals surface area (Å²) in [5.41, 5.74) is 1.75. The molecule has 7 heteroatoms. The molecule has 0 bridgehead atoms. The normalized spacial score (nSPS) is 10.2. The summed E-state index contributed by atoms with van der Waals surface area (Å²) in [6.07, 6.45) is 0. The maximum absolute atomic E-state index is 12.5. The summed E-state index contributed by atoms with van der Waals surface area (Å²) in [6.45, 7) is 2.72. The second kappa shape index (κ2) is 8.77. The van der Waals surface area contributed by atoms with E-state index < -0.39 is 11.9 Å². The number of nitrogens with one attached hydrogen (secondary N) is 1. The maximum Gasteiger partial charge on any atom is 0.339 e. The van der Waals surface area contributed by atoms with Crippen LogP contribution in [0.25, 0.3) is 0 Å². The highest BCUT2D eigenvalue weighted by molar-refractivity contribution is 6.07. The van der Waals surface area contributed by atoms with E-state index in [9.17, 15) is 9.59 Å². The van der Waals surface area contributed by atoms with Crippen molar-refractivity contribution in [1.29, 1.82) is 0 Å². The van der Waals surface area contributed by atoms with Crippen molar-refractivity contribution < 1.29 is 14.3 Å². The number of hydrogen-bond acceptors (Lipinski definition) is 6. The van der Waals surface area contributed by atoms with Gasteiger partial charge in [-0.25, -0.2) is 4.79 Å². The molecule has 0 fully saturated rings. The Morgan fingerprint density at radius 1 is 0.964 bits per heavy atom. The standard InChI is InChI=1S/C21H20N4O3/c1-3-25(15-9-5-4-6-10-15)19-14-13-18(23-24-19)20(26)22-17-12-8-7-11-16(17)21(27)28-2/h4-14H,3H2,1-2H3,(H,22,26). The van der Waals surface area contributed by atoms with Gasteiger partial charge in [0.15, 0.2) is 11.5 Å². The van der Waals surface area contributed by atoms with Gasteiger partial charge in [-0.3, -0.25) is 4.79 Å². The summed E-state index contributed by atoms with van der Waals surface area (Å²) < 4.78 is 4.74. The van der Waals surface area contributed by atoms with Gasteiger partial charge in [0.2, 0.25) is 0 Å². The van der Waals surface area contributed by atoms with Gasteiger partial charge in [0.05, 0.1) is 18.4 Å². The molecule has 2 aromatic carbocycles. The Morgan fingerprint density at radius 2 is 1.68 bits per heavy atom. The lowest BCUT2D eigenvalue weighted by atomic mass is 10.1. The minimum absolute atomic E-state index is 0.146. The quantitative estimate of drug-likeness (QED) is 0.661. The van der Waals surface area contributed by atoms with E-state index in [0.29, 0.717) is 18.1 Å². The molecule has 1 N–H and O–H groups in total. The summed E-state index contributed by atoms with van der Waals surface area (Å²) in [5, 5.41) is 10.9. The number of rotatable bonds is 6. The van der Waals surface area contributed by atoms with Crippen molar-refractivity contribution in [2.75, 3.05) is 23.9 Å². The van der Waals surface area contributed by atoms with Crippen LogP contribution in [0.4, 0.5) is 17.2 Å². The molecule has 0 saturated carbocycles. The van der Waals surface area contributed by atoms with E-state index in [1.807, 2.05) is 42.2 Å². The lowest BCUT2D eigenvalue weighted by Gasteiger charge is -2.21. The first kappa shape index (κ1) is 19.0. The molecule has 0 aliphatic rings. The van der Waals surface area contributed by atoms with Crippen molar-refractivity contribution in [3.63, 3.8) is 0 Å². The molecule has 0 saturated heterocycles. The van der Waals surface area contributed by atoms with Crippen LogP contribution in [0, 0.1) is 0 Å². The zero-order valence-corrected chi connectivity index (χ0v) is 15.6. The molecular weight excluding hydrogens is 356 g/mol. The molecule has 0 radical (unpaired) electrons. The molecule has 1 heterocycles. The highest BCUT2D eigenvalue weighted by atomic mass is 16.5. The van der Waals surface area contributed by atoms with Gasteiger partial charge >= 0.3 is 5.97 Å². The molecule has 0 aliphatic heterocycles. The number of benzene rings is 2. The number of carbonyl (C=O) groups excluding carboxylic acids is 2. The van der Waals surface area contributed by atoms with E-state index in [-0.39, 0.29) is 11.3 Å². The third-order valence-electron chi connectivity index (χ3n) is 4.12. The number of anilines is 3. The number of amides is 1. The number of para-hydroxylation sites is 2. The molecule has 0 unspecified atom stereocenters. The molecule has 3 aromatic rings. The highest BCUT2D eigenvalue weighted by Crippen LogP contribution is 2.22. The van der Waals surface area contributed by atoms with Crippen molar-refractivity contribution in [3.8, 4) is 0 Å². The minimum Gasteiger partial charge on any atom is -0.465 e. The Bertz CT molecular complexity index is 959. The molecule has 28 heavy (non-hydrogen) atoms. The zero-order chi connectivity index (χ0) is 19.9. The number of esters is 1.